The molecule has 0 fully saturated rings. The summed E-state index contributed by atoms with van der Waals surface area (Å²) < 4.78 is 1.96. The van der Waals surface area contributed by atoms with Crippen LogP contribution in [0.3, 0.4) is 0 Å². The minimum atomic E-state index is -0.270. The molecule has 0 aliphatic rings. The number of halogens is 2. The highest BCUT2D eigenvalue weighted by Gasteiger charge is 2.03. The zero-order chi connectivity index (χ0) is 14.5. The molecule has 0 unspecified atom stereocenters. The SMILES string of the molecule is Cc1c(Br)cc(C=NNC(=O)c2ccncc2)cc1Br. The van der Waals surface area contributed by atoms with Crippen LogP contribution < -0.4 is 5.43 Å². The molecule has 1 aromatic carbocycles. The number of aromatic nitrogens is 1. The van der Waals surface area contributed by atoms with Gasteiger partial charge in [0.25, 0.3) is 5.91 Å². The molecular weight excluding hydrogens is 386 g/mol. The predicted octanol–water partition coefficient (Wildman–Crippen LogP) is 3.68. The summed E-state index contributed by atoms with van der Waals surface area (Å²) in [5, 5.41) is 3.94. The zero-order valence-corrected chi connectivity index (χ0v) is 13.8. The van der Waals surface area contributed by atoms with Gasteiger partial charge in [-0.25, -0.2) is 5.43 Å². The average Bonchev–Trinajstić information content (AvgIpc) is 2.45. The molecule has 0 atom stereocenters. The molecule has 1 N–H and O–H groups in total. The largest absolute Gasteiger partial charge is 0.271 e. The van der Waals surface area contributed by atoms with Crippen molar-refractivity contribution in [3.8, 4) is 0 Å². The molecule has 0 radical (unpaired) electrons. The number of hydrazone groups is 1. The quantitative estimate of drug-likeness (QED) is 0.635. The highest BCUT2D eigenvalue weighted by atomic mass is 79.9. The molecule has 1 aromatic heterocycles. The van der Waals surface area contributed by atoms with Crippen molar-refractivity contribution in [1.82, 2.24) is 10.4 Å². The molecule has 0 saturated heterocycles. The average molecular weight is 397 g/mol. The Balaban J connectivity index is 2.06. The molecule has 1 amide bonds. The Morgan fingerprint density at radius 2 is 1.85 bits per heavy atom. The molecule has 6 heteroatoms. The molecule has 0 aliphatic heterocycles. The van der Waals surface area contributed by atoms with Crippen LogP contribution in [0.15, 0.2) is 50.7 Å². The number of hydrogen-bond donors (Lipinski definition) is 1. The molecule has 0 spiro atoms. The second kappa shape index (κ2) is 6.76. The van der Waals surface area contributed by atoms with Gasteiger partial charge >= 0.3 is 0 Å². The zero-order valence-electron chi connectivity index (χ0n) is 10.6. The van der Waals surface area contributed by atoms with Crippen molar-refractivity contribution in [3.05, 3.63) is 62.3 Å². The number of carbonyl (C=O) groups is 1. The van der Waals surface area contributed by atoms with E-state index < -0.39 is 0 Å². The van der Waals surface area contributed by atoms with Crippen LogP contribution in [0.1, 0.15) is 21.5 Å². The Hall–Kier alpha value is -1.53. The van der Waals surface area contributed by atoms with Gasteiger partial charge in [-0.15, -0.1) is 0 Å². The van der Waals surface area contributed by atoms with Crippen molar-refractivity contribution in [3.63, 3.8) is 0 Å². The number of hydrogen-bond acceptors (Lipinski definition) is 3. The second-order valence-electron chi connectivity index (χ2n) is 4.04. The van der Waals surface area contributed by atoms with Crippen molar-refractivity contribution < 1.29 is 4.79 Å². The van der Waals surface area contributed by atoms with Crippen molar-refractivity contribution >= 4 is 44.0 Å². The van der Waals surface area contributed by atoms with E-state index in [2.05, 4.69) is 47.4 Å². The maximum absolute atomic E-state index is 11.8. The highest BCUT2D eigenvalue weighted by Crippen LogP contribution is 2.25. The monoisotopic (exact) mass is 395 g/mol. The molecule has 4 nitrogen and oxygen atoms in total. The Bertz CT molecular complexity index is 634. The van der Waals surface area contributed by atoms with Gasteiger partial charge < -0.3 is 0 Å². The fourth-order valence-corrected chi connectivity index (χ4v) is 2.69. The third kappa shape index (κ3) is 3.74. The molecular formula is C14H11Br2N3O. The topological polar surface area (TPSA) is 54.4 Å². The van der Waals surface area contributed by atoms with E-state index >= 15 is 0 Å². The van der Waals surface area contributed by atoms with Crippen LogP contribution in [0, 0.1) is 6.92 Å². The lowest BCUT2D eigenvalue weighted by molar-refractivity contribution is 0.0955. The standard InChI is InChI=1S/C14H11Br2N3O/c1-9-12(15)6-10(7-13(9)16)8-18-19-14(20)11-2-4-17-5-3-11/h2-8H,1H3,(H,19,20). The van der Waals surface area contributed by atoms with Gasteiger partial charge in [0.15, 0.2) is 0 Å². The fourth-order valence-electron chi connectivity index (χ4n) is 1.47. The van der Waals surface area contributed by atoms with Crippen LogP contribution in [0.5, 0.6) is 0 Å². The van der Waals surface area contributed by atoms with E-state index in [4.69, 9.17) is 0 Å². The summed E-state index contributed by atoms with van der Waals surface area (Å²) in [6, 6.07) is 7.12. The summed E-state index contributed by atoms with van der Waals surface area (Å²) in [6.07, 6.45) is 4.72. The van der Waals surface area contributed by atoms with E-state index in [-0.39, 0.29) is 5.91 Å². The first-order valence-corrected chi connectivity index (χ1v) is 7.35. The summed E-state index contributed by atoms with van der Waals surface area (Å²) in [6.45, 7) is 2.00. The van der Waals surface area contributed by atoms with E-state index in [1.54, 1.807) is 30.7 Å². The normalized spacial score (nSPS) is 10.8. The van der Waals surface area contributed by atoms with Crippen LogP contribution in [0.4, 0.5) is 0 Å². The Kier molecular flexibility index (Phi) is 5.03. The first-order chi connectivity index (χ1) is 9.58. The van der Waals surface area contributed by atoms with E-state index in [0.29, 0.717) is 5.56 Å². The maximum atomic E-state index is 11.8. The van der Waals surface area contributed by atoms with Gasteiger partial charge in [-0.05, 0) is 42.3 Å². The minimum Gasteiger partial charge on any atom is -0.267 e. The highest BCUT2D eigenvalue weighted by molar-refractivity contribution is 9.11. The van der Waals surface area contributed by atoms with Gasteiger partial charge in [0.1, 0.15) is 0 Å². The van der Waals surface area contributed by atoms with Crippen molar-refractivity contribution in [2.75, 3.05) is 0 Å². The predicted molar refractivity (Wildman–Crippen MR) is 85.9 cm³/mol. The smallest absolute Gasteiger partial charge is 0.267 e. The van der Waals surface area contributed by atoms with E-state index in [1.165, 1.54) is 0 Å². The molecule has 0 aliphatic carbocycles. The number of benzene rings is 1. The summed E-state index contributed by atoms with van der Waals surface area (Å²) in [5.41, 5.74) is 4.98. The van der Waals surface area contributed by atoms with Crippen molar-refractivity contribution in [1.29, 1.82) is 0 Å². The number of pyridine rings is 1. The Morgan fingerprint density at radius 3 is 2.45 bits per heavy atom. The molecule has 20 heavy (non-hydrogen) atoms. The van der Waals surface area contributed by atoms with Gasteiger partial charge in [0, 0.05) is 26.9 Å². The molecule has 2 aromatic rings. The third-order valence-corrected chi connectivity index (χ3v) is 4.27. The Morgan fingerprint density at radius 1 is 1.25 bits per heavy atom. The lowest BCUT2D eigenvalue weighted by Crippen LogP contribution is -2.17. The molecule has 0 saturated carbocycles. The molecule has 102 valence electrons. The van der Waals surface area contributed by atoms with Crippen LogP contribution >= 0.6 is 31.9 Å². The number of rotatable bonds is 3. The second-order valence-corrected chi connectivity index (χ2v) is 5.75. The van der Waals surface area contributed by atoms with Crippen LogP contribution in [0.2, 0.25) is 0 Å². The molecule has 1 heterocycles. The fraction of sp³-hybridized carbons (Fsp3) is 0.0714. The maximum Gasteiger partial charge on any atom is 0.271 e. The van der Waals surface area contributed by atoms with Gasteiger partial charge in [0.05, 0.1) is 6.21 Å². The number of carbonyl (C=O) groups excluding carboxylic acids is 1. The molecule has 0 bridgehead atoms. The summed E-state index contributed by atoms with van der Waals surface area (Å²) in [7, 11) is 0. The lowest BCUT2D eigenvalue weighted by Gasteiger charge is -2.03. The van der Waals surface area contributed by atoms with Gasteiger partial charge in [-0.1, -0.05) is 31.9 Å². The summed E-state index contributed by atoms with van der Waals surface area (Å²) >= 11 is 6.94. The van der Waals surface area contributed by atoms with Gasteiger partial charge in [-0.3, -0.25) is 9.78 Å². The van der Waals surface area contributed by atoms with E-state index in [1.807, 2.05) is 19.1 Å². The van der Waals surface area contributed by atoms with Crippen molar-refractivity contribution in [2.24, 2.45) is 5.10 Å². The lowest BCUT2D eigenvalue weighted by atomic mass is 10.2. The molecule has 2 rings (SSSR count). The first-order valence-electron chi connectivity index (χ1n) is 5.77. The van der Waals surface area contributed by atoms with E-state index in [0.717, 1.165) is 20.1 Å². The summed E-state index contributed by atoms with van der Waals surface area (Å²) in [5.74, 6) is -0.270. The van der Waals surface area contributed by atoms with Crippen molar-refractivity contribution in [2.45, 2.75) is 6.92 Å². The van der Waals surface area contributed by atoms with Crippen LogP contribution in [0.25, 0.3) is 0 Å². The minimum absolute atomic E-state index is 0.270. The van der Waals surface area contributed by atoms with Crippen LogP contribution in [-0.2, 0) is 0 Å². The van der Waals surface area contributed by atoms with E-state index in [9.17, 15) is 4.79 Å². The summed E-state index contributed by atoms with van der Waals surface area (Å²) in [4.78, 5) is 15.6. The Labute approximate surface area is 133 Å². The van der Waals surface area contributed by atoms with Crippen LogP contribution in [-0.4, -0.2) is 17.1 Å². The number of nitrogens with zero attached hydrogens (tertiary/aromatic N) is 2. The first kappa shape index (κ1) is 14.9. The van der Waals surface area contributed by atoms with Gasteiger partial charge in [-0.2, -0.15) is 5.10 Å². The number of nitrogens with one attached hydrogen (secondary N) is 1. The van der Waals surface area contributed by atoms with Gasteiger partial charge in [0.2, 0.25) is 0 Å². The number of amides is 1. The third-order valence-electron chi connectivity index (χ3n) is 2.63.